The smallest absolute Gasteiger partial charge is 0.153 e. The summed E-state index contributed by atoms with van der Waals surface area (Å²) in [5, 5.41) is 4.25. The van der Waals surface area contributed by atoms with Gasteiger partial charge in [0.2, 0.25) is 0 Å². The van der Waals surface area contributed by atoms with Crippen LogP contribution in [0.4, 0.5) is 4.39 Å². The lowest BCUT2D eigenvalue weighted by molar-refractivity contribution is 0.112. The van der Waals surface area contributed by atoms with Crippen LogP contribution in [0.5, 0.6) is 0 Å². The summed E-state index contributed by atoms with van der Waals surface area (Å²) < 4.78 is 14.7. The van der Waals surface area contributed by atoms with Gasteiger partial charge in [-0.15, -0.1) is 0 Å². The van der Waals surface area contributed by atoms with E-state index < -0.39 is 0 Å². The molecule has 0 fully saturated rings. The van der Waals surface area contributed by atoms with E-state index in [-0.39, 0.29) is 11.4 Å². The summed E-state index contributed by atoms with van der Waals surface area (Å²) in [6.07, 6.45) is 2.31. The Bertz CT molecular complexity index is 564. The highest BCUT2D eigenvalue weighted by molar-refractivity contribution is 5.85. The summed E-state index contributed by atoms with van der Waals surface area (Å²) in [4.78, 5) is 11.1. The minimum absolute atomic E-state index is 0.245. The summed E-state index contributed by atoms with van der Waals surface area (Å²) in [7, 11) is 0. The van der Waals surface area contributed by atoms with Crippen molar-refractivity contribution >= 4 is 6.29 Å². The number of aromatic nitrogens is 2. The van der Waals surface area contributed by atoms with E-state index in [1.807, 2.05) is 20.8 Å². The van der Waals surface area contributed by atoms with Crippen molar-refractivity contribution in [1.29, 1.82) is 0 Å². The van der Waals surface area contributed by atoms with Gasteiger partial charge in [0.1, 0.15) is 5.82 Å². The van der Waals surface area contributed by atoms with Gasteiger partial charge in [0, 0.05) is 5.56 Å². The SMILES string of the molecule is CC(C)(C)n1ncc(C=O)c1-c1ccc(F)cc1. The van der Waals surface area contributed by atoms with Crippen molar-refractivity contribution < 1.29 is 9.18 Å². The zero-order valence-corrected chi connectivity index (χ0v) is 10.6. The maximum atomic E-state index is 13.0. The van der Waals surface area contributed by atoms with E-state index in [1.165, 1.54) is 18.3 Å². The van der Waals surface area contributed by atoms with Crippen LogP contribution in [0, 0.1) is 5.82 Å². The second-order valence-corrected chi connectivity index (χ2v) is 5.16. The molecule has 3 nitrogen and oxygen atoms in total. The Morgan fingerprint density at radius 1 is 1.22 bits per heavy atom. The molecule has 1 aromatic heterocycles. The van der Waals surface area contributed by atoms with Crippen LogP contribution in [0.1, 0.15) is 31.1 Å². The highest BCUT2D eigenvalue weighted by Crippen LogP contribution is 2.28. The fraction of sp³-hybridized carbons (Fsp3) is 0.286. The fourth-order valence-corrected chi connectivity index (χ4v) is 1.85. The van der Waals surface area contributed by atoms with Gasteiger partial charge in [-0.3, -0.25) is 9.48 Å². The van der Waals surface area contributed by atoms with Crippen molar-refractivity contribution in [2.45, 2.75) is 26.3 Å². The van der Waals surface area contributed by atoms with E-state index >= 15 is 0 Å². The third-order valence-electron chi connectivity index (χ3n) is 2.68. The quantitative estimate of drug-likeness (QED) is 0.762. The van der Waals surface area contributed by atoms with Crippen LogP contribution in [0.2, 0.25) is 0 Å². The van der Waals surface area contributed by atoms with Crippen molar-refractivity contribution in [2.75, 3.05) is 0 Å². The third kappa shape index (κ3) is 2.18. The van der Waals surface area contributed by atoms with Crippen LogP contribution in [0.15, 0.2) is 30.5 Å². The number of benzene rings is 1. The topological polar surface area (TPSA) is 34.9 Å². The van der Waals surface area contributed by atoms with Gasteiger partial charge in [0.25, 0.3) is 0 Å². The number of carbonyl (C=O) groups is 1. The number of hydrogen-bond donors (Lipinski definition) is 0. The second-order valence-electron chi connectivity index (χ2n) is 5.16. The highest BCUT2D eigenvalue weighted by atomic mass is 19.1. The molecular weight excluding hydrogens is 231 g/mol. The van der Waals surface area contributed by atoms with Gasteiger partial charge in [-0.2, -0.15) is 5.10 Å². The van der Waals surface area contributed by atoms with Gasteiger partial charge in [0.15, 0.2) is 6.29 Å². The first-order valence-corrected chi connectivity index (χ1v) is 5.73. The van der Waals surface area contributed by atoms with E-state index in [9.17, 15) is 9.18 Å². The summed E-state index contributed by atoms with van der Waals surface area (Å²) >= 11 is 0. The molecule has 0 unspecified atom stereocenters. The molecule has 0 radical (unpaired) electrons. The average molecular weight is 246 g/mol. The van der Waals surface area contributed by atoms with Crippen LogP contribution in [0.25, 0.3) is 11.3 Å². The predicted octanol–water partition coefficient (Wildman–Crippen LogP) is 3.26. The first-order chi connectivity index (χ1) is 8.43. The fourth-order valence-electron chi connectivity index (χ4n) is 1.85. The van der Waals surface area contributed by atoms with Crippen molar-refractivity contribution in [3.8, 4) is 11.3 Å². The Morgan fingerprint density at radius 3 is 2.33 bits per heavy atom. The molecule has 2 aromatic rings. The van der Waals surface area contributed by atoms with Gasteiger partial charge in [-0.25, -0.2) is 4.39 Å². The Balaban J connectivity index is 2.64. The zero-order chi connectivity index (χ0) is 13.3. The van der Waals surface area contributed by atoms with Crippen LogP contribution in [-0.4, -0.2) is 16.1 Å². The van der Waals surface area contributed by atoms with Gasteiger partial charge in [-0.05, 0) is 45.0 Å². The molecule has 0 amide bonds. The molecule has 18 heavy (non-hydrogen) atoms. The van der Waals surface area contributed by atoms with E-state index in [1.54, 1.807) is 16.8 Å². The Hall–Kier alpha value is -1.97. The number of nitrogens with zero attached hydrogens (tertiary/aromatic N) is 2. The molecule has 0 spiro atoms. The molecule has 2 rings (SSSR count). The third-order valence-corrected chi connectivity index (χ3v) is 2.68. The molecule has 4 heteroatoms. The van der Waals surface area contributed by atoms with Crippen LogP contribution < -0.4 is 0 Å². The largest absolute Gasteiger partial charge is 0.298 e. The van der Waals surface area contributed by atoms with E-state index in [0.717, 1.165) is 17.5 Å². The van der Waals surface area contributed by atoms with Crippen LogP contribution >= 0.6 is 0 Å². The van der Waals surface area contributed by atoms with Gasteiger partial charge in [0.05, 0.1) is 23.0 Å². The maximum absolute atomic E-state index is 13.0. The van der Waals surface area contributed by atoms with Crippen molar-refractivity contribution in [1.82, 2.24) is 9.78 Å². The average Bonchev–Trinajstić information content (AvgIpc) is 2.73. The summed E-state index contributed by atoms with van der Waals surface area (Å²) in [6.45, 7) is 6.00. The standard InChI is InChI=1S/C14H15FN2O/c1-14(2,3)17-13(11(9-18)8-16-17)10-4-6-12(15)7-5-10/h4-9H,1-3H3. The highest BCUT2D eigenvalue weighted by Gasteiger charge is 2.21. The van der Waals surface area contributed by atoms with Crippen molar-refractivity contribution in [2.24, 2.45) is 0 Å². The molecule has 1 aromatic carbocycles. The molecule has 0 aliphatic rings. The van der Waals surface area contributed by atoms with Gasteiger partial charge >= 0.3 is 0 Å². The number of aldehydes is 1. The second kappa shape index (κ2) is 4.37. The van der Waals surface area contributed by atoms with Gasteiger partial charge in [-0.1, -0.05) is 0 Å². The Morgan fingerprint density at radius 2 is 1.83 bits per heavy atom. The maximum Gasteiger partial charge on any atom is 0.153 e. The molecule has 0 saturated carbocycles. The molecule has 0 aliphatic heterocycles. The normalized spacial score (nSPS) is 11.6. The molecule has 0 N–H and O–H groups in total. The molecule has 1 heterocycles. The van der Waals surface area contributed by atoms with Crippen molar-refractivity contribution in [3.63, 3.8) is 0 Å². The van der Waals surface area contributed by atoms with Gasteiger partial charge < -0.3 is 0 Å². The molecule has 0 saturated heterocycles. The Labute approximate surface area is 105 Å². The summed E-state index contributed by atoms with van der Waals surface area (Å²) in [6, 6.07) is 6.07. The molecule has 0 bridgehead atoms. The number of hydrogen-bond acceptors (Lipinski definition) is 2. The predicted molar refractivity (Wildman–Crippen MR) is 68.0 cm³/mol. The number of halogens is 1. The molecule has 94 valence electrons. The van der Waals surface area contributed by atoms with E-state index in [4.69, 9.17) is 0 Å². The minimum Gasteiger partial charge on any atom is -0.298 e. The summed E-state index contributed by atoms with van der Waals surface area (Å²) in [5.41, 5.74) is 1.77. The Kier molecular flexibility index (Phi) is 3.03. The van der Waals surface area contributed by atoms with Crippen LogP contribution in [0.3, 0.4) is 0 Å². The van der Waals surface area contributed by atoms with Crippen LogP contribution in [-0.2, 0) is 5.54 Å². The minimum atomic E-state index is -0.298. The zero-order valence-electron chi connectivity index (χ0n) is 10.6. The first kappa shape index (κ1) is 12.5. The van der Waals surface area contributed by atoms with E-state index in [2.05, 4.69) is 5.10 Å². The monoisotopic (exact) mass is 246 g/mol. The van der Waals surface area contributed by atoms with E-state index in [0.29, 0.717) is 5.56 Å². The molecule has 0 aliphatic carbocycles. The lowest BCUT2D eigenvalue weighted by Crippen LogP contribution is -2.24. The first-order valence-electron chi connectivity index (χ1n) is 5.73. The number of carbonyl (C=O) groups excluding carboxylic acids is 1. The number of rotatable bonds is 2. The molecular formula is C14H15FN2O. The lowest BCUT2D eigenvalue weighted by Gasteiger charge is -2.22. The summed E-state index contributed by atoms with van der Waals surface area (Å²) in [5.74, 6) is -0.298. The van der Waals surface area contributed by atoms with Crippen molar-refractivity contribution in [3.05, 3.63) is 41.8 Å². The lowest BCUT2D eigenvalue weighted by atomic mass is 10.0. The molecule has 0 atom stereocenters.